The SMILES string of the molecule is O=S(=O)(CCCC(F)(F)F)NCCCc1ncn[nH]1. The molecule has 0 amide bonds. The number of alkyl halides is 3. The molecule has 10 heteroatoms. The van der Waals surface area contributed by atoms with Crippen LogP contribution in [0.5, 0.6) is 0 Å². The number of H-pyrrole nitrogens is 1. The molecular formula is C9H15F3N4O2S. The van der Waals surface area contributed by atoms with Crippen LogP contribution in [-0.4, -0.2) is 42.1 Å². The number of hydrogen-bond acceptors (Lipinski definition) is 4. The van der Waals surface area contributed by atoms with Gasteiger partial charge in [-0.05, 0) is 12.8 Å². The summed E-state index contributed by atoms with van der Waals surface area (Å²) in [7, 11) is -3.64. The first kappa shape index (κ1) is 15.9. The minimum Gasteiger partial charge on any atom is -0.263 e. The van der Waals surface area contributed by atoms with Crippen molar-refractivity contribution in [3.05, 3.63) is 12.2 Å². The van der Waals surface area contributed by atoms with Crippen molar-refractivity contribution in [2.75, 3.05) is 12.3 Å². The van der Waals surface area contributed by atoms with Crippen LogP contribution in [0.3, 0.4) is 0 Å². The van der Waals surface area contributed by atoms with Crippen LogP contribution < -0.4 is 4.72 Å². The molecule has 0 spiro atoms. The van der Waals surface area contributed by atoms with E-state index in [0.29, 0.717) is 18.7 Å². The first-order valence-electron chi connectivity index (χ1n) is 5.67. The van der Waals surface area contributed by atoms with Gasteiger partial charge in [-0.1, -0.05) is 0 Å². The number of aromatic nitrogens is 3. The van der Waals surface area contributed by atoms with Gasteiger partial charge in [-0.3, -0.25) is 5.10 Å². The molecule has 0 bridgehead atoms. The van der Waals surface area contributed by atoms with E-state index < -0.39 is 34.8 Å². The highest BCUT2D eigenvalue weighted by atomic mass is 32.2. The van der Waals surface area contributed by atoms with Gasteiger partial charge in [0, 0.05) is 19.4 Å². The van der Waals surface area contributed by atoms with E-state index in [0.717, 1.165) is 0 Å². The molecule has 0 saturated heterocycles. The number of nitrogens with one attached hydrogen (secondary N) is 2. The Hall–Kier alpha value is -1.16. The van der Waals surface area contributed by atoms with E-state index in [9.17, 15) is 21.6 Å². The maximum atomic E-state index is 11.9. The van der Waals surface area contributed by atoms with Crippen LogP contribution in [0.15, 0.2) is 6.33 Å². The average Bonchev–Trinajstić information content (AvgIpc) is 2.75. The third kappa shape index (κ3) is 7.78. The Kier molecular flexibility index (Phi) is 5.73. The van der Waals surface area contributed by atoms with Crippen molar-refractivity contribution in [2.24, 2.45) is 0 Å². The third-order valence-corrected chi connectivity index (χ3v) is 3.72. The molecule has 1 heterocycles. The second kappa shape index (κ2) is 6.85. The van der Waals surface area contributed by atoms with Crippen LogP contribution in [0.4, 0.5) is 13.2 Å². The van der Waals surface area contributed by atoms with Gasteiger partial charge in [-0.2, -0.15) is 18.3 Å². The van der Waals surface area contributed by atoms with Crippen molar-refractivity contribution < 1.29 is 21.6 Å². The normalized spacial score (nSPS) is 12.8. The summed E-state index contributed by atoms with van der Waals surface area (Å²) in [6, 6.07) is 0. The first-order chi connectivity index (χ1) is 8.79. The summed E-state index contributed by atoms with van der Waals surface area (Å²) in [5.74, 6) is 0.116. The zero-order valence-electron chi connectivity index (χ0n) is 10.1. The molecule has 0 aliphatic carbocycles. The van der Waals surface area contributed by atoms with Crippen LogP contribution >= 0.6 is 0 Å². The number of halogens is 3. The Morgan fingerprint density at radius 3 is 2.63 bits per heavy atom. The zero-order chi connectivity index (χ0) is 14.4. The molecule has 0 fully saturated rings. The molecule has 0 saturated carbocycles. The van der Waals surface area contributed by atoms with Crippen LogP contribution in [0.1, 0.15) is 25.1 Å². The predicted molar refractivity (Wildman–Crippen MR) is 61.8 cm³/mol. The van der Waals surface area contributed by atoms with E-state index in [-0.39, 0.29) is 6.54 Å². The maximum Gasteiger partial charge on any atom is 0.389 e. The fourth-order valence-electron chi connectivity index (χ4n) is 1.37. The molecule has 0 atom stereocenters. The molecule has 110 valence electrons. The van der Waals surface area contributed by atoms with Crippen molar-refractivity contribution in [3.63, 3.8) is 0 Å². The minimum atomic E-state index is -4.32. The number of hydrogen-bond donors (Lipinski definition) is 2. The summed E-state index contributed by atoms with van der Waals surface area (Å²) in [4.78, 5) is 3.86. The molecule has 1 rings (SSSR count). The molecule has 6 nitrogen and oxygen atoms in total. The quantitative estimate of drug-likeness (QED) is 0.701. The molecule has 0 aliphatic rings. The lowest BCUT2D eigenvalue weighted by molar-refractivity contribution is -0.134. The lowest BCUT2D eigenvalue weighted by atomic mass is 10.3. The van der Waals surface area contributed by atoms with Gasteiger partial charge >= 0.3 is 6.18 Å². The second-order valence-corrected chi connectivity index (χ2v) is 5.89. The second-order valence-electron chi connectivity index (χ2n) is 3.97. The van der Waals surface area contributed by atoms with Crippen LogP contribution in [0.25, 0.3) is 0 Å². The fraction of sp³-hybridized carbons (Fsp3) is 0.778. The highest BCUT2D eigenvalue weighted by molar-refractivity contribution is 7.89. The lowest BCUT2D eigenvalue weighted by Crippen LogP contribution is -2.28. The molecule has 0 aromatic carbocycles. The van der Waals surface area contributed by atoms with E-state index in [4.69, 9.17) is 0 Å². The molecule has 0 radical (unpaired) electrons. The van der Waals surface area contributed by atoms with Gasteiger partial charge in [0.15, 0.2) is 0 Å². The Bertz CT molecular complexity index is 458. The summed E-state index contributed by atoms with van der Waals surface area (Å²) in [5, 5.41) is 6.25. The fourth-order valence-corrected chi connectivity index (χ4v) is 2.49. The van der Waals surface area contributed by atoms with Crippen molar-refractivity contribution in [1.82, 2.24) is 19.9 Å². The Balaban J connectivity index is 2.16. The van der Waals surface area contributed by atoms with Crippen LogP contribution in [-0.2, 0) is 16.4 Å². The Morgan fingerprint density at radius 2 is 2.05 bits per heavy atom. The van der Waals surface area contributed by atoms with Gasteiger partial charge in [-0.15, -0.1) is 0 Å². The number of nitrogens with zero attached hydrogens (tertiary/aromatic N) is 2. The Labute approximate surface area is 108 Å². The molecule has 19 heavy (non-hydrogen) atoms. The van der Waals surface area contributed by atoms with Crippen molar-refractivity contribution in [2.45, 2.75) is 31.9 Å². The summed E-state index contributed by atoms with van der Waals surface area (Å²) in [6.45, 7) is 0.162. The van der Waals surface area contributed by atoms with Gasteiger partial charge in [0.05, 0.1) is 5.75 Å². The van der Waals surface area contributed by atoms with Crippen molar-refractivity contribution in [1.29, 1.82) is 0 Å². The van der Waals surface area contributed by atoms with E-state index in [1.807, 2.05) is 0 Å². The topological polar surface area (TPSA) is 87.7 Å². The zero-order valence-corrected chi connectivity index (χ0v) is 10.9. The smallest absolute Gasteiger partial charge is 0.263 e. The van der Waals surface area contributed by atoms with E-state index in [1.54, 1.807) is 0 Å². The molecule has 0 unspecified atom stereocenters. The summed E-state index contributed by atoms with van der Waals surface area (Å²) in [6.07, 6.45) is -3.48. The minimum absolute atomic E-state index is 0.162. The highest BCUT2D eigenvalue weighted by Gasteiger charge is 2.27. The molecular weight excluding hydrogens is 285 g/mol. The number of aryl methyl sites for hydroxylation is 1. The molecule has 1 aromatic rings. The molecule has 0 aliphatic heterocycles. The van der Waals surface area contributed by atoms with Gasteiger partial charge in [0.1, 0.15) is 12.2 Å². The van der Waals surface area contributed by atoms with Gasteiger partial charge in [0.25, 0.3) is 0 Å². The maximum absolute atomic E-state index is 11.9. The Morgan fingerprint density at radius 1 is 1.32 bits per heavy atom. The predicted octanol–water partition coefficient (Wildman–Crippen LogP) is 0.999. The van der Waals surface area contributed by atoms with Gasteiger partial charge < -0.3 is 0 Å². The highest BCUT2D eigenvalue weighted by Crippen LogP contribution is 2.21. The summed E-state index contributed by atoms with van der Waals surface area (Å²) >= 11 is 0. The first-order valence-corrected chi connectivity index (χ1v) is 7.32. The number of sulfonamides is 1. The van der Waals surface area contributed by atoms with E-state index >= 15 is 0 Å². The van der Waals surface area contributed by atoms with Crippen LogP contribution in [0, 0.1) is 0 Å². The molecule has 2 N–H and O–H groups in total. The largest absolute Gasteiger partial charge is 0.389 e. The van der Waals surface area contributed by atoms with Crippen LogP contribution in [0.2, 0.25) is 0 Å². The number of aromatic amines is 1. The summed E-state index contributed by atoms with van der Waals surface area (Å²) < 4.78 is 60.6. The van der Waals surface area contributed by atoms with Gasteiger partial charge in [0.2, 0.25) is 10.0 Å². The summed E-state index contributed by atoms with van der Waals surface area (Å²) in [5.41, 5.74) is 0. The van der Waals surface area contributed by atoms with Gasteiger partial charge in [-0.25, -0.2) is 18.1 Å². The van der Waals surface area contributed by atoms with Crippen molar-refractivity contribution in [3.8, 4) is 0 Å². The molecule has 1 aromatic heterocycles. The average molecular weight is 300 g/mol. The third-order valence-electron chi connectivity index (χ3n) is 2.25. The van der Waals surface area contributed by atoms with E-state index in [2.05, 4.69) is 19.9 Å². The number of rotatable bonds is 8. The standard InChI is InChI=1S/C9H15F3N4O2S/c10-9(11,12)4-2-6-19(17,18)15-5-1-3-8-13-7-14-16-8/h7,15H,1-6H2,(H,13,14,16). The van der Waals surface area contributed by atoms with E-state index in [1.165, 1.54) is 6.33 Å². The lowest BCUT2D eigenvalue weighted by Gasteiger charge is -2.07. The monoisotopic (exact) mass is 300 g/mol. The van der Waals surface area contributed by atoms with Crippen molar-refractivity contribution >= 4 is 10.0 Å².